The summed E-state index contributed by atoms with van der Waals surface area (Å²) in [5.74, 6) is 0. The SMILES string of the molecule is O=S(=O)(c1ccc(Cl)c(NC(=S)N/N=C\c2ccc(Cl)c(Cl)c2)c1)N1CCOCC1. The minimum absolute atomic E-state index is 0.110. The highest BCUT2D eigenvalue weighted by molar-refractivity contribution is 7.89. The molecule has 2 N–H and O–H groups in total. The zero-order chi connectivity index (χ0) is 21.7. The van der Waals surface area contributed by atoms with Crippen molar-refractivity contribution >= 4 is 74.1 Å². The van der Waals surface area contributed by atoms with Gasteiger partial charge in [0.2, 0.25) is 10.0 Å². The molecule has 0 saturated carbocycles. The van der Waals surface area contributed by atoms with Crippen LogP contribution < -0.4 is 10.7 Å². The fraction of sp³-hybridized carbons (Fsp3) is 0.222. The number of ether oxygens (including phenoxy) is 1. The van der Waals surface area contributed by atoms with E-state index in [0.29, 0.717) is 47.1 Å². The van der Waals surface area contributed by atoms with Crippen LogP contribution in [0.3, 0.4) is 0 Å². The summed E-state index contributed by atoms with van der Waals surface area (Å²) in [6.45, 7) is 1.33. The Morgan fingerprint density at radius 1 is 1.07 bits per heavy atom. The van der Waals surface area contributed by atoms with E-state index in [0.717, 1.165) is 5.56 Å². The smallest absolute Gasteiger partial charge is 0.243 e. The van der Waals surface area contributed by atoms with E-state index >= 15 is 0 Å². The van der Waals surface area contributed by atoms with Crippen LogP contribution in [0.5, 0.6) is 0 Å². The third-order valence-corrected chi connectivity index (χ3v) is 7.27. The van der Waals surface area contributed by atoms with Gasteiger partial charge in [0.25, 0.3) is 0 Å². The van der Waals surface area contributed by atoms with Crippen molar-refractivity contribution < 1.29 is 13.2 Å². The lowest BCUT2D eigenvalue weighted by molar-refractivity contribution is 0.0730. The fourth-order valence-electron chi connectivity index (χ4n) is 2.61. The van der Waals surface area contributed by atoms with E-state index < -0.39 is 10.0 Å². The summed E-state index contributed by atoms with van der Waals surface area (Å²) >= 11 is 23.2. The number of thiocarbonyl (C=S) groups is 1. The topological polar surface area (TPSA) is 83.0 Å². The Kier molecular flexibility index (Phi) is 7.92. The van der Waals surface area contributed by atoms with E-state index in [-0.39, 0.29) is 10.0 Å². The first-order chi connectivity index (χ1) is 14.3. The van der Waals surface area contributed by atoms with E-state index in [9.17, 15) is 8.42 Å². The highest BCUT2D eigenvalue weighted by Gasteiger charge is 2.26. The highest BCUT2D eigenvalue weighted by atomic mass is 35.5. The van der Waals surface area contributed by atoms with Crippen LogP contribution >= 0.6 is 47.0 Å². The molecule has 3 rings (SSSR count). The van der Waals surface area contributed by atoms with Crippen LogP contribution in [-0.4, -0.2) is 50.4 Å². The largest absolute Gasteiger partial charge is 0.379 e. The van der Waals surface area contributed by atoms with Gasteiger partial charge in [0.05, 0.1) is 45.1 Å². The van der Waals surface area contributed by atoms with E-state index in [4.69, 9.17) is 51.8 Å². The molecule has 0 aliphatic carbocycles. The highest BCUT2D eigenvalue weighted by Crippen LogP contribution is 2.27. The summed E-state index contributed by atoms with van der Waals surface area (Å²) < 4.78 is 32.2. The Labute approximate surface area is 195 Å². The molecule has 1 heterocycles. The summed E-state index contributed by atoms with van der Waals surface area (Å²) in [6, 6.07) is 9.44. The minimum Gasteiger partial charge on any atom is -0.379 e. The Hall–Kier alpha value is -1.46. The molecule has 1 saturated heterocycles. The average molecular weight is 508 g/mol. The van der Waals surface area contributed by atoms with Gasteiger partial charge in [-0.1, -0.05) is 40.9 Å². The molecule has 160 valence electrons. The molecule has 1 aliphatic heterocycles. The lowest BCUT2D eigenvalue weighted by Gasteiger charge is -2.26. The second kappa shape index (κ2) is 10.2. The molecule has 7 nitrogen and oxygen atoms in total. The summed E-state index contributed by atoms with van der Waals surface area (Å²) in [7, 11) is -3.66. The molecule has 0 radical (unpaired) electrons. The normalized spacial score (nSPS) is 15.3. The molecule has 1 aliphatic rings. The third kappa shape index (κ3) is 5.82. The van der Waals surface area contributed by atoms with Crippen molar-refractivity contribution in [2.75, 3.05) is 31.6 Å². The maximum Gasteiger partial charge on any atom is 0.243 e. The van der Waals surface area contributed by atoms with Gasteiger partial charge in [-0.05, 0) is 48.1 Å². The third-order valence-electron chi connectivity index (χ3n) is 4.12. The second-order valence-corrected chi connectivity index (χ2v) is 9.72. The van der Waals surface area contributed by atoms with Gasteiger partial charge in [0.15, 0.2) is 5.11 Å². The molecular weight excluding hydrogens is 491 g/mol. The first kappa shape index (κ1) is 23.2. The summed E-state index contributed by atoms with van der Waals surface area (Å²) in [4.78, 5) is 0.110. The van der Waals surface area contributed by atoms with Gasteiger partial charge in [-0.2, -0.15) is 9.41 Å². The molecule has 0 aromatic heterocycles. The first-order valence-electron chi connectivity index (χ1n) is 8.70. The Morgan fingerprint density at radius 2 is 1.77 bits per heavy atom. The molecule has 12 heteroatoms. The first-order valence-corrected chi connectivity index (χ1v) is 11.7. The molecule has 30 heavy (non-hydrogen) atoms. The predicted molar refractivity (Wildman–Crippen MR) is 124 cm³/mol. The van der Waals surface area contributed by atoms with Crippen LogP contribution in [0.2, 0.25) is 15.1 Å². The molecule has 2 aromatic carbocycles. The molecule has 2 aromatic rings. The molecule has 0 spiro atoms. The molecule has 0 amide bonds. The van der Waals surface area contributed by atoms with E-state index in [1.165, 1.54) is 28.7 Å². The Bertz CT molecular complexity index is 1070. The van der Waals surface area contributed by atoms with E-state index in [1.807, 2.05) is 0 Å². The van der Waals surface area contributed by atoms with Gasteiger partial charge in [-0.15, -0.1) is 0 Å². The number of nitrogens with zero attached hydrogens (tertiary/aromatic N) is 2. The number of halogens is 3. The van der Waals surface area contributed by atoms with Gasteiger partial charge < -0.3 is 10.1 Å². The van der Waals surface area contributed by atoms with Crippen LogP contribution in [-0.2, 0) is 14.8 Å². The number of morpholine rings is 1. The quantitative estimate of drug-likeness (QED) is 0.362. The van der Waals surface area contributed by atoms with Gasteiger partial charge in [-0.3, -0.25) is 5.43 Å². The maximum absolute atomic E-state index is 12.8. The number of benzene rings is 2. The minimum atomic E-state index is -3.66. The molecule has 0 atom stereocenters. The molecule has 1 fully saturated rings. The lowest BCUT2D eigenvalue weighted by atomic mass is 10.2. The second-order valence-electron chi connectivity index (χ2n) is 6.16. The van der Waals surface area contributed by atoms with E-state index in [2.05, 4.69) is 15.8 Å². The predicted octanol–water partition coefficient (Wildman–Crippen LogP) is 3.99. The summed E-state index contributed by atoms with van der Waals surface area (Å²) in [5.41, 5.74) is 3.70. The van der Waals surface area contributed by atoms with Crippen LogP contribution in [0.15, 0.2) is 46.4 Å². The number of nitrogens with one attached hydrogen (secondary N) is 2. The molecule has 0 bridgehead atoms. The average Bonchev–Trinajstić information content (AvgIpc) is 2.73. The Morgan fingerprint density at radius 3 is 2.47 bits per heavy atom. The number of sulfonamides is 1. The van der Waals surface area contributed by atoms with Crippen molar-refractivity contribution in [2.24, 2.45) is 5.10 Å². The van der Waals surface area contributed by atoms with Crippen LogP contribution in [0.4, 0.5) is 5.69 Å². The number of hydrogen-bond acceptors (Lipinski definition) is 5. The van der Waals surface area contributed by atoms with Crippen molar-refractivity contribution in [3.05, 3.63) is 57.0 Å². The molecular formula is C18H17Cl3N4O3S2. The molecule has 0 unspecified atom stereocenters. The van der Waals surface area contributed by atoms with Gasteiger partial charge >= 0.3 is 0 Å². The van der Waals surface area contributed by atoms with Crippen LogP contribution in [0.1, 0.15) is 5.56 Å². The fourth-order valence-corrected chi connectivity index (χ4v) is 4.67. The van der Waals surface area contributed by atoms with Crippen molar-refractivity contribution in [1.82, 2.24) is 9.73 Å². The summed E-state index contributed by atoms with van der Waals surface area (Å²) in [5, 5.41) is 8.17. The van der Waals surface area contributed by atoms with Gasteiger partial charge in [-0.25, -0.2) is 8.42 Å². The summed E-state index contributed by atoms with van der Waals surface area (Å²) in [6.07, 6.45) is 1.51. The standard InChI is InChI=1S/C18H17Cl3N4O3S2/c19-14-3-1-12(9-16(14)21)11-22-24-18(29)23-17-10-13(2-4-15(17)20)30(26,27)25-5-7-28-8-6-25/h1-4,9-11H,5-8H2,(H2,23,24,29)/b22-11-. The van der Waals surface area contributed by atoms with Crippen molar-refractivity contribution in [3.8, 4) is 0 Å². The lowest BCUT2D eigenvalue weighted by Crippen LogP contribution is -2.40. The van der Waals surface area contributed by atoms with Crippen molar-refractivity contribution in [2.45, 2.75) is 4.90 Å². The van der Waals surface area contributed by atoms with Gasteiger partial charge in [0, 0.05) is 13.1 Å². The van der Waals surface area contributed by atoms with Crippen molar-refractivity contribution in [3.63, 3.8) is 0 Å². The number of rotatable bonds is 5. The number of hydrogen-bond donors (Lipinski definition) is 2. The van der Waals surface area contributed by atoms with Crippen LogP contribution in [0, 0.1) is 0 Å². The zero-order valence-corrected chi connectivity index (χ0v) is 19.3. The maximum atomic E-state index is 12.8. The van der Waals surface area contributed by atoms with Gasteiger partial charge in [0.1, 0.15) is 0 Å². The van der Waals surface area contributed by atoms with Crippen molar-refractivity contribution in [1.29, 1.82) is 0 Å². The number of anilines is 1. The Balaban J connectivity index is 1.68. The monoisotopic (exact) mass is 506 g/mol. The number of hydrazone groups is 1. The zero-order valence-electron chi connectivity index (χ0n) is 15.4. The van der Waals surface area contributed by atoms with Crippen LogP contribution in [0.25, 0.3) is 0 Å². The van der Waals surface area contributed by atoms with E-state index in [1.54, 1.807) is 18.2 Å².